The first-order valence-electron chi connectivity index (χ1n) is 4.41. The fourth-order valence-electron chi connectivity index (χ4n) is 1.62. The van der Waals surface area contributed by atoms with Crippen molar-refractivity contribution < 1.29 is 13.0 Å². The molecule has 0 aliphatic heterocycles. The van der Waals surface area contributed by atoms with Crippen LogP contribution in [-0.4, -0.2) is 30.2 Å². The van der Waals surface area contributed by atoms with Crippen molar-refractivity contribution in [3.8, 4) is 0 Å². The van der Waals surface area contributed by atoms with E-state index < -0.39 is 15.4 Å². The van der Waals surface area contributed by atoms with Gasteiger partial charge in [0.15, 0.2) is 5.96 Å². The van der Waals surface area contributed by atoms with Crippen molar-refractivity contribution in [3.63, 3.8) is 0 Å². The lowest BCUT2D eigenvalue weighted by molar-refractivity contribution is 0.473. The Morgan fingerprint density at radius 3 is 2.50 bits per heavy atom. The summed E-state index contributed by atoms with van der Waals surface area (Å²) in [6, 6.07) is -0.202. The van der Waals surface area contributed by atoms with Gasteiger partial charge in [0.25, 0.3) is 10.1 Å². The van der Waals surface area contributed by atoms with Crippen molar-refractivity contribution in [2.24, 2.45) is 22.4 Å². The summed E-state index contributed by atoms with van der Waals surface area (Å²) in [5.74, 6) is -0.185. The van der Waals surface area contributed by atoms with Crippen LogP contribution in [0.5, 0.6) is 0 Å². The van der Waals surface area contributed by atoms with Crippen molar-refractivity contribution in [3.05, 3.63) is 0 Å². The third-order valence-electron chi connectivity index (χ3n) is 2.39. The maximum absolute atomic E-state index is 10.8. The molecule has 0 radical (unpaired) electrons. The predicted octanol–water partition coefficient (Wildman–Crippen LogP) is -0.685. The minimum absolute atomic E-state index is 0.0437. The molecule has 0 spiro atoms. The van der Waals surface area contributed by atoms with Crippen LogP contribution in [0.15, 0.2) is 4.99 Å². The molecule has 3 unspecified atom stereocenters. The monoisotopic (exact) mass is 221 g/mol. The lowest BCUT2D eigenvalue weighted by atomic mass is 10.1. The van der Waals surface area contributed by atoms with E-state index in [-0.39, 0.29) is 17.9 Å². The molecule has 0 heterocycles. The molecule has 82 valence electrons. The van der Waals surface area contributed by atoms with Crippen LogP contribution in [0.2, 0.25) is 0 Å². The average Bonchev–Trinajstić information content (AvgIpc) is 2.77. The number of aliphatic imine (C=N–C) groups is 1. The van der Waals surface area contributed by atoms with E-state index in [0.717, 1.165) is 0 Å². The van der Waals surface area contributed by atoms with Crippen LogP contribution in [0.3, 0.4) is 0 Å². The van der Waals surface area contributed by atoms with Crippen molar-refractivity contribution >= 4 is 16.1 Å². The van der Waals surface area contributed by atoms with E-state index in [1.807, 2.05) is 6.92 Å². The molecule has 5 N–H and O–H groups in total. The second-order valence-corrected chi connectivity index (χ2v) is 5.12. The summed E-state index contributed by atoms with van der Waals surface area (Å²) in [5, 5.41) is -0.685. The van der Waals surface area contributed by atoms with Crippen molar-refractivity contribution in [2.75, 3.05) is 0 Å². The zero-order valence-electron chi connectivity index (χ0n) is 7.92. The molecule has 1 saturated carbocycles. The largest absolute Gasteiger partial charge is 0.370 e. The van der Waals surface area contributed by atoms with Gasteiger partial charge < -0.3 is 11.5 Å². The van der Waals surface area contributed by atoms with E-state index in [0.29, 0.717) is 12.8 Å². The Bertz CT molecular complexity index is 334. The molecule has 14 heavy (non-hydrogen) atoms. The molecule has 0 saturated heterocycles. The van der Waals surface area contributed by atoms with Crippen molar-refractivity contribution in [1.29, 1.82) is 0 Å². The van der Waals surface area contributed by atoms with Crippen LogP contribution in [0.25, 0.3) is 0 Å². The first kappa shape index (κ1) is 11.3. The molecule has 3 atom stereocenters. The Morgan fingerprint density at radius 2 is 2.21 bits per heavy atom. The molecule has 0 aromatic rings. The minimum Gasteiger partial charge on any atom is -0.370 e. The second-order valence-electron chi connectivity index (χ2n) is 3.48. The highest BCUT2D eigenvalue weighted by atomic mass is 32.2. The van der Waals surface area contributed by atoms with Gasteiger partial charge in [0.05, 0.1) is 11.3 Å². The van der Waals surface area contributed by atoms with Gasteiger partial charge in [-0.25, -0.2) is 4.99 Å². The van der Waals surface area contributed by atoms with Gasteiger partial charge in [0.1, 0.15) is 0 Å². The summed E-state index contributed by atoms with van der Waals surface area (Å²) in [6.07, 6.45) is 1.10. The van der Waals surface area contributed by atoms with Gasteiger partial charge in [-0.05, 0) is 12.8 Å². The summed E-state index contributed by atoms with van der Waals surface area (Å²) < 4.78 is 30.3. The number of guanidine groups is 1. The summed E-state index contributed by atoms with van der Waals surface area (Å²) in [6.45, 7) is 1.87. The number of hydrogen-bond acceptors (Lipinski definition) is 3. The van der Waals surface area contributed by atoms with E-state index >= 15 is 0 Å². The molecule has 0 amide bonds. The highest BCUT2D eigenvalue weighted by molar-refractivity contribution is 7.86. The highest BCUT2D eigenvalue weighted by Crippen LogP contribution is 2.41. The lowest BCUT2D eigenvalue weighted by Crippen LogP contribution is -2.27. The van der Waals surface area contributed by atoms with Gasteiger partial charge >= 0.3 is 0 Å². The number of rotatable bonds is 4. The molecule has 6 nitrogen and oxygen atoms in total. The van der Waals surface area contributed by atoms with Crippen LogP contribution in [0, 0.1) is 5.92 Å². The van der Waals surface area contributed by atoms with Gasteiger partial charge in [-0.1, -0.05) is 6.92 Å². The molecular formula is C7H15N3O3S. The topological polar surface area (TPSA) is 119 Å². The first-order valence-corrected chi connectivity index (χ1v) is 5.91. The SMILES string of the molecule is CCC(N=C(N)N)C1CC1S(=O)(=O)O. The Morgan fingerprint density at radius 1 is 1.64 bits per heavy atom. The zero-order chi connectivity index (χ0) is 10.9. The highest BCUT2D eigenvalue weighted by Gasteiger charge is 2.50. The summed E-state index contributed by atoms with van der Waals surface area (Å²) in [4.78, 5) is 3.92. The van der Waals surface area contributed by atoms with Crippen molar-refractivity contribution in [2.45, 2.75) is 31.1 Å². The van der Waals surface area contributed by atoms with Gasteiger partial charge in [-0.2, -0.15) is 8.42 Å². The number of hydrogen-bond donors (Lipinski definition) is 3. The summed E-state index contributed by atoms with van der Waals surface area (Å²) in [5.41, 5.74) is 10.4. The molecule has 0 bridgehead atoms. The van der Waals surface area contributed by atoms with E-state index in [1.54, 1.807) is 0 Å². The average molecular weight is 221 g/mol. The minimum atomic E-state index is -3.92. The second kappa shape index (κ2) is 3.74. The van der Waals surface area contributed by atoms with E-state index in [1.165, 1.54) is 0 Å². The molecular weight excluding hydrogens is 206 g/mol. The summed E-state index contributed by atoms with van der Waals surface area (Å²) in [7, 11) is -3.92. The van der Waals surface area contributed by atoms with Gasteiger partial charge in [-0.15, -0.1) is 0 Å². The van der Waals surface area contributed by atoms with E-state index in [4.69, 9.17) is 16.0 Å². The molecule has 1 aliphatic rings. The smallest absolute Gasteiger partial charge is 0.268 e. The number of nitrogens with two attached hydrogens (primary N) is 2. The first-order chi connectivity index (χ1) is 6.36. The Balaban J connectivity index is 2.65. The van der Waals surface area contributed by atoms with Crippen LogP contribution in [-0.2, 0) is 10.1 Å². The molecule has 0 aromatic carbocycles. The summed E-state index contributed by atoms with van der Waals surface area (Å²) >= 11 is 0. The fraction of sp³-hybridized carbons (Fsp3) is 0.857. The quantitative estimate of drug-likeness (QED) is 0.330. The zero-order valence-corrected chi connectivity index (χ0v) is 8.74. The van der Waals surface area contributed by atoms with Crippen LogP contribution >= 0.6 is 0 Å². The maximum atomic E-state index is 10.8. The van der Waals surface area contributed by atoms with Crippen LogP contribution in [0.4, 0.5) is 0 Å². The maximum Gasteiger partial charge on any atom is 0.268 e. The third kappa shape index (κ3) is 2.58. The Labute approximate surface area is 83.1 Å². The number of nitrogens with zero attached hydrogens (tertiary/aromatic N) is 1. The van der Waals surface area contributed by atoms with Crippen LogP contribution < -0.4 is 11.5 Å². The van der Waals surface area contributed by atoms with Crippen molar-refractivity contribution in [1.82, 2.24) is 0 Å². The van der Waals surface area contributed by atoms with Gasteiger partial charge in [0.2, 0.25) is 0 Å². The predicted molar refractivity (Wildman–Crippen MR) is 53.3 cm³/mol. The van der Waals surface area contributed by atoms with Gasteiger partial charge in [-0.3, -0.25) is 4.55 Å². The molecule has 1 rings (SSSR count). The third-order valence-corrected chi connectivity index (χ3v) is 3.70. The molecule has 0 aromatic heterocycles. The van der Waals surface area contributed by atoms with Crippen LogP contribution in [0.1, 0.15) is 19.8 Å². The molecule has 1 aliphatic carbocycles. The van der Waals surface area contributed by atoms with E-state index in [9.17, 15) is 8.42 Å². The molecule has 1 fully saturated rings. The normalized spacial score (nSPS) is 28.1. The lowest BCUT2D eigenvalue weighted by Gasteiger charge is -2.08. The van der Waals surface area contributed by atoms with Gasteiger partial charge in [0, 0.05) is 5.92 Å². The molecule has 7 heteroatoms. The van der Waals surface area contributed by atoms with E-state index in [2.05, 4.69) is 4.99 Å². The Kier molecular flexibility index (Phi) is 3.01. The standard InChI is InChI=1S/C7H15N3O3S/c1-2-5(10-7(8)9)4-3-6(4)14(11,12)13/h4-6H,2-3H2,1H3,(H4,8,9,10)(H,11,12,13). The fourth-order valence-corrected chi connectivity index (χ4v) is 2.71. The Hall–Kier alpha value is -0.820.